The summed E-state index contributed by atoms with van der Waals surface area (Å²) in [6, 6.07) is 1.18. The van der Waals surface area contributed by atoms with Gasteiger partial charge in [-0.3, -0.25) is 4.99 Å². The Balaban J connectivity index is 2.04. The van der Waals surface area contributed by atoms with Gasteiger partial charge in [-0.15, -0.1) is 0 Å². The zero-order valence-electron chi connectivity index (χ0n) is 7.01. The van der Waals surface area contributed by atoms with Gasteiger partial charge in [0.05, 0.1) is 12.1 Å². The highest BCUT2D eigenvalue weighted by atomic mass is 15.5. The van der Waals surface area contributed by atoms with Crippen molar-refractivity contribution in [2.24, 2.45) is 16.0 Å². The van der Waals surface area contributed by atoms with Crippen LogP contribution in [0.25, 0.3) is 0 Å². The summed E-state index contributed by atoms with van der Waals surface area (Å²) in [6.07, 6.45) is 7.02. The number of rotatable bonds is 0. The van der Waals surface area contributed by atoms with Gasteiger partial charge in [0.25, 0.3) is 0 Å². The maximum Gasteiger partial charge on any atom is 0.144 e. The summed E-state index contributed by atoms with van der Waals surface area (Å²) in [5.74, 6) is 1.74. The van der Waals surface area contributed by atoms with Crippen molar-refractivity contribution >= 4 is 12.1 Å². The van der Waals surface area contributed by atoms with E-state index < -0.39 is 0 Å². The maximum atomic E-state index is 4.59. The van der Waals surface area contributed by atoms with Gasteiger partial charge in [0.15, 0.2) is 0 Å². The molecule has 4 rings (SSSR count). The Bertz CT molecular complexity index is 303. The third-order valence-electron chi connectivity index (χ3n) is 3.07. The fourth-order valence-electron chi connectivity index (χ4n) is 2.13. The Morgan fingerprint density at radius 1 is 1.58 bits per heavy atom. The summed E-state index contributed by atoms with van der Waals surface area (Å²) in [4.78, 5) is 4.59. The lowest BCUT2D eigenvalue weighted by Gasteiger charge is -2.50. The molecule has 3 unspecified atom stereocenters. The van der Waals surface area contributed by atoms with Gasteiger partial charge in [0.1, 0.15) is 5.84 Å². The number of hydrazone groups is 1. The minimum atomic E-state index is 0.569. The molecule has 0 aromatic heterocycles. The second-order valence-electron chi connectivity index (χ2n) is 3.69. The minimum absolute atomic E-state index is 0.569. The Morgan fingerprint density at radius 3 is 3.33 bits per heavy atom. The molecule has 0 amide bonds. The summed E-state index contributed by atoms with van der Waals surface area (Å²) in [5, 5.41) is 6.37. The van der Waals surface area contributed by atoms with Crippen molar-refractivity contribution in [2.45, 2.75) is 25.4 Å². The van der Waals surface area contributed by atoms with Crippen LogP contribution >= 0.6 is 0 Å². The summed E-state index contributed by atoms with van der Waals surface area (Å²) in [5.41, 5.74) is 0. The van der Waals surface area contributed by atoms with Gasteiger partial charge in [-0.1, -0.05) is 6.92 Å². The van der Waals surface area contributed by atoms with E-state index in [2.05, 4.69) is 22.0 Å². The molecule has 3 heteroatoms. The first-order valence-electron chi connectivity index (χ1n) is 4.44. The van der Waals surface area contributed by atoms with Crippen LogP contribution < -0.4 is 0 Å². The molecule has 1 fully saturated rings. The first-order chi connectivity index (χ1) is 5.86. The molecule has 4 aliphatic rings. The van der Waals surface area contributed by atoms with Crippen LogP contribution in [0.15, 0.2) is 22.2 Å². The lowest BCUT2D eigenvalue weighted by molar-refractivity contribution is 0.0875. The van der Waals surface area contributed by atoms with E-state index in [0.717, 1.165) is 5.84 Å². The van der Waals surface area contributed by atoms with Gasteiger partial charge in [0.2, 0.25) is 0 Å². The number of hydrogen-bond acceptors (Lipinski definition) is 3. The van der Waals surface area contributed by atoms with E-state index >= 15 is 0 Å². The second-order valence-corrected chi connectivity index (χ2v) is 3.69. The number of allylic oxidation sites excluding steroid dienone is 1. The normalized spacial score (nSPS) is 41.9. The van der Waals surface area contributed by atoms with Crippen LogP contribution in [-0.4, -0.2) is 29.1 Å². The molecule has 3 heterocycles. The van der Waals surface area contributed by atoms with Crippen molar-refractivity contribution in [1.82, 2.24) is 5.01 Å². The quantitative estimate of drug-likeness (QED) is 0.521. The van der Waals surface area contributed by atoms with Crippen LogP contribution in [0, 0.1) is 5.92 Å². The monoisotopic (exact) mass is 161 g/mol. The summed E-state index contributed by atoms with van der Waals surface area (Å²) in [6.45, 7) is 2.26. The average Bonchev–Trinajstić information content (AvgIpc) is 2.16. The van der Waals surface area contributed by atoms with E-state index in [0.29, 0.717) is 18.0 Å². The van der Waals surface area contributed by atoms with Gasteiger partial charge in [-0.2, -0.15) is 5.10 Å². The molecule has 3 nitrogen and oxygen atoms in total. The van der Waals surface area contributed by atoms with Gasteiger partial charge in [0, 0.05) is 12.1 Å². The predicted molar refractivity (Wildman–Crippen MR) is 48.3 cm³/mol. The Morgan fingerprint density at radius 2 is 2.50 bits per heavy atom. The van der Waals surface area contributed by atoms with Crippen molar-refractivity contribution in [3.8, 4) is 0 Å². The van der Waals surface area contributed by atoms with Crippen molar-refractivity contribution in [3.05, 3.63) is 12.2 Å². The molecule has 0 spiro atoms. The number of hydrogen-bond donors (Lipinski definition) is 0. The van der Waals surface area contributed by atoms with Crippen LogP contribution in [0.3, 0.4) is 0 Å². The molecular weight excluding hydrogens is 150 g/mol. The molecule has 1 aliphatic carbocycles. The molecule has 0 aromatic carbocycles. The molecule has 0 N–H and O–H groups in total. The van der Waals surface area contributed by atoms with Crippen molar-refractivity contribution in [1.29, 1.82) is 0 Å². The minimum Gasteiger partial charge on any atom is -0.263 e. The molecule has 1 saturated carbocycles. The highest BCUT2D eigenvalue weighted by Gasteiger charge is 2.46. The number of aliphatic imine (C=N–C) groups is 1. The highest BCUT2D eigenvalue weighted by molar-refractivity contribution is 5.99. The van der Waals surface area contributed by atoms with Crippen molar-refractivity contribution < 1.29 is 0 Å². The molecule has 62 valence electrons. The highest BCUT2D eigenvalue weighted by Crippen LogP contribution is 2.39. The molecule has 3 aliphatic heterocycles. The molecule has 0 saturated heterocycles. The summed E-state index contributed by atoms with van der Waals surface area (Å²) < 4.78 is 0. The zero-order chi connectivity index (χ0) is 8.13. The van der Waals surface area contributed by atoms with Crippen LogP contribution in [0.4, 0.5) is 0 Å². The lowest BCUT2D eigenvalue weighted by atomic mass is 9.74. The van der Waals surface area contributed by atoms with E-state index in [-0.39, 0.29) is 0 Å². The van der Waals surface area contributed by atoms with Gasteiger partial charge < -0.3 is 0 Å². The maximum absolute atomic E-state index is 4.59. The topological polar surface area (TPSA) is 28.0 Å². The fourth-order valence-corrected chi connectivity index (χ4v) is 2.13. The molecule has 12 heavy (non-hydrogen) atoms. The first kappa shape index (κ1) is 6.40. The third kappa shape index (κ3) is 0.618. The largest absolute Gasteiger partial charge is 0.263 e. The van der Waals surface area contributed by atoms with Crippen molar-refractivity contribution in [3.63, 3.8) is 0 Å². The van der Waals surface area contributed by atoms with E-state index in [1.54, 1.807) is 0 Å². The lowest BCUT2D eigenvalue weighted by Crippen LogP contribution is -2.58. The zero-order valence-corrected chi connectivity index (χ0v) is 7.01. The van der Waals surface area contributed by atoms with Gasteiger partial charge in [-0.25, -0.2) is 5.01 Å². The van der Waals surface area contributed by atoms with E-state index in [4.69, 9.17) is 0 Å². The number of nitrogens with zero attached hydrogens (tertiary/aromatic N) is 3. The molecule has 2 bridgehead atoms. The second kappa shape index (κ2) is 1.97. The fraction of sp³-hybridized carbons (Fsp3) is 0.556. The molecule has 0 radical (unpaired) electrons. The third-order valence-corrected chi connectivity index (χ3v) is 3.07. The molecule has 0 aromatic rings. The van der Waals surface area contributed by atoms with E-state index in [1.165, 1.54) is 6.42 Å². The van der Waals surface area contributed by atoms with Crippen molar-refractivity contribution in [2.75, 3.05) is 0 Å². The number of amidine groups is 1. The van der Waals surface area contributed by atoms with Gasteiger partial charge in [-0.05, 0) is 18.6 Å². The van der Waals surface area contributed by atoms with E-state index in [9.17, 15) is 0 Å². The van der Waals surface area contributed by atoms with Gasteiger partial charge >= 0.3 is 0 Å². The van der Waals surface area contributed by atoms with Crippen LogP contribution in [0.1, 0.15) is 13.3 Å². The first-order valence-corrected chi connectivity index (χ1v) is 4.44. The van der Waals surface area contributed by atoms with E-state index in [1.807, 2.05) is 18.4 Å². The SMILES string of the molecule is CC1C2CC1N1N=CC=CC1=N2. The summed E-state index contributed by atoms with van der Waals surface area (Å²) in [7, 11) is 0. The van der Waals surface area contributed by atoms with Crippen LogP contribution in [-0.2, 0) is 0 Å². The van der Waals surface area contributed by atoms with Crippen LogP contribution in [0.5, 0.6) is 0 Å². The standard InChI is InChI=1S/C9H11N3/c1-6-7-5-8(6)12-9(11-7)3-2-4-10-12/h2-4,6-8H,5H2,1H3. The summed E-state index contributed by atoms with van der Waals surface area (Å²) >= 11 is 0. The smallest absolute Gasteiger partial charge is 0.144 e. The predicted octanol–water partition coefficient (Wildman–Crippen LogP) is 1.03. The molecular formula is C9H11N3. The Labute approximate surface area is 71.5 Å². The average molecular weight is 161 g/mol. The molecule has 3 atom stereocenters. The van der Waals surface area contributed by atoms with Crippen LogP contribution in [0.2, 0.25) is 0 Å². The Hall–Kier alpha value is -1.12. The Kier molecular flexibility index (Phi) is 1.05.